The fourth-order valence-corrected chi connectivity index (χ4v) is 4.85. The maximum absolute atomic E-state index is 12.5. The van der Waals surface area contributed by atoms with Gasteiger partial charge in [0, 0.05) is 0 Å². The molecule has 27 heavy (non-hydrogen) atoms. The van der Waals surface area contributed by atoms with Crippen LogP contribution in [-0.2, 0) is 4.79 Å². The number of hydrogen-bond acceptors (Lipinski definition) is 6. The highest BCUT2D eigenvalue weighted by atomic mass is 32.2. The summed E-state index contributed by atoms with van der Waals surface area (Å²) in [5.41, 5.74) is 2.01. The lowest BCUT2D eigenvalue weighted by Gasteiger charge is -2.22. The van der Waals surface area contributed by atoms with E-state index in [1.807, 2.05) is 42.5 Å². The highest BCUT2D eigenvalue weighted by molar-refractivity contribution is 8.01. The Labute approximate surface area is 166 Å². The van der Waals surface area contributed by atoms with Crippen molar-refractivity contribution in [1.29, 1.82) is 0 Å². The van der Waals surface area contributed by atoms with Crippen LogP contribution < -0.4 is 14.8 Å². The number of nitrogens with zero attached hydrogens (tertiary/aromatic N) is 1. The topological polar surface area (TPSA) is 60.5 Å². The second-order valence-electron chi connectivity index (χ2n) is 6.17. The molecule has 4 rings (SSSR count). The van der Waals surface area contributed by atoms with Crippen molar-refractivity contribution >= 4 is 39.2 Å². The molecule has 2 aromatic carbocycles. The van der Waals surface area contributed by atoms with Gasteiger partial charge in [0.25, 0.3) is 0 Å². The second-order valence-corrected chi connectivity index (χ2v) is 8.42. The molecule has 0 saturated heterocycles. The van der Waals surface area contributed by atoms with E-state index in [-0.39, 0.29) is 11.9 Å². The normalized spacial score (nSPS) is 14.1. The van der Waals surface area contributed by atoms with Crippen LogP contribution in [0.5, 0.6) is 11.5 Å². The van der Waals surface area contributed by atoms with Crippen molar-refractivity contribution in [1.82, 2.24) is 10.3 Å². The Morgan fingerprint density at radius 2 is 2.04 bits per heavy atom. The van der Waals surface area contributed by atoms with E-state index >= 15 is 0 Å². The minimum Gasteiger partial charge on any atom is -0.486 e. The van der Waals surface area contributed by atoms with Gasteiger partial charge in [-0.3, -0.25) is 4.79 Å². The molecule has 1 aromatic heterocycles. The van der Waals surface area contributed by atoms with Gasteiger partial charge in [0.1, 0.15) is 13.2 Å². The lowest BCUT2D eigenvalue weighted by atomic mass is 10.0. The summed E-state index contributed by atoms with van der Waals surface area (Å²) in [5.74, 6) is 1.86. The molecule has 7 heteroatoms. The number of rotatable bonds is 6. The molecule has 1 atom stereocenters. The van der Waals surface area contributed by atoms with E-state index in [4.69, 9.17) is 9.47 Å². The van der Waals surface area contributed by atoms with Gasteiger partial charge in [-0.1, -0.05) is 36.9 Å². The van der Waals surface area contributed by atoms with Crippen molar-refractivity contribution in [2.45, 2.75) is 23.7 Å². The largest absolute Gasteiger partial charge is 0.486 e. The molecule has 1 aliphatic heterocycles. The van der Waals surface area contributed by atoms with Crippen molar-refractivity contribution in [2.24, 2.45) is 0 Å². The lowest BCUT2D eigenvalue weighted by molar-refractivity contribution is -0.119. The molecule has 140 valence electrons. The number of nitrogens with one attached hydrogen (secondary N) is 1. The molecular weight excluding hydrogens is 380 g/mol. The van der Waals surface area contributed by atoms with Crippen LogP contribution in [0.4, 0.5) is 0 Å². The molecule has 0 bridgehead atoms. The molecule has 1 aliphatic rings. The predicted molar refractivity (Wildman–Crippen MR) is 109 cm³/mol. The lowest BCUT2D eigenvalue weighted by Crippen LogP contribution is -2.29. The molecular formula is C20H20N2O3S2. The monoisotopic (exact) mass is 400 g/mol. The van der Waals surface area contributed by atoms with Gasteiger partial charge in [-0.2, -0.15) is 0 Å². The third-order valence-electron chi connectivity index (χ3n) is 4.31. The number of carbonyl (C=O) groups excluding carboxylic acids is 1. The summed E-state index contributed by atoms with van der Waals surface area (Å²) in [6.45, 7) is 3.18. The molecule has 0 spiro atoms. The third kappa shape index (κ3) is 4.20. The van der Waals surface area contributed by atoms with E-state index in [1.165, 1.54) is 11.8 Å². The van der Waals surface area contributed by atoms with E-state index in [0.29, 0.717) is 19.0 Å². The molecule has 0 fully saturated rings. The number of aromatic nitrogens is 1. The predicted octanol–water partition coefficient (Wildman–Crippen LogP) is 4.43. The van der Waals surface area contributed by atoms with Gasteiger partial charge in [0.15, 0.2) is 15.8 Å². The first-order valence-electron chi connectivity index (χ1n) is 8.90. The first-order valence-corrected chi connectivity index (χ1v) is 10.7. The molecule has 0 aliphatic carbocycles. The number of para-hydroxylation sites is 1. The summed E-state index contributed by atoms with van der Waals surface area (Å²) in [5, 5.41) is 3.11. The first kappa shape index (κ1) is 18.1. The molecule has 5 nitrogen and oxygen atoms in total. The van der Waals surface area contributed by atoms with Crippen LogP contribution in [0, 0.1) is 0 Å². The number of benzene rings is 2. The van der Waals surface area contributed by atoms with E-state index in [1.54, 1.807) is 11.3 Å². The highest BCUT2D eigenvalue weighted by Crippen LogP contribution is 2.33. The van der Waals surface area contributed by atoms with Gasteiger partial charge in [-0.15, -0.1) is 11.3 Å². The van der Waals surface area contributed by atoms with Gasteiger partial charge >= 0.3 is 0 Å². The number of fused-ring (bicyclic) bond motifs is 2. The van der Waals surface area contributed by atoms with Gasteiger partial charge in [-0.25, -0.2) is 4.98 Å². The maximum atomic E-state index is 12.5. The fraction of sp³-hybridized carbons (Fsp3) is 0.300. The third-order valence-corrected chi connectivity index (χ3v) is 6.49. The first-order chi connectivity index (χ1) is 13.2. The average molecular weight is 401 g/mol. The van der Waals surface area contributed by atoms with Crippen LogP contribution in [0.1, 0.15) is 24.9 Å². The number of thioether (sulfide) groups is 1. The van der Waals surface area contributed by atoms with Gasteiger partial charge < -0.3 is 14.8 Å². The quantitative estimate of drug-likeness (QED) is 0.621. The highest BCUT2D eigenvalue weighted by Gasteiger charge is 2.18. The van der Waals surface area contributed by atoms with E-state index in [0.717, 1.165) is 38.0 Å². The Morgan fingerprint density at radius 1 is 1.22 bits per heavy atom. The van der Waals surface area contributed by atoms with Gasteiger partial charge in [0.2, 0.25) is 5.91 Å². The Hall–Kier alpha value is -2.25. The van der Waals surface area contributed by atoms with E-state index in [9.17, 15) is 4.79 Å². The Morgan fingerprint density at radius 3 is 2.85 bits per heavy atom. The summed E-state index contributed by atoms with van der Waals surface area (Å²) in [6, 6.07) is 13.8. The number of thiazole rings is 1. The molecule has 2 heterocycles. The minimum absolute atomic E-state index is 0.000921. The molecule has 3 aromatic rings. The number of hydrogen-bond donors (Lipinski definition) is 1. The summed E-state index contributed by atoms with van der Waals surface area (Å²) < 4.78 is 13.3. The molecule has 1 amide bonds. The van der Waals surface area contributed by atoms with Crippen molar-refractivity contribution in [3.63, 3.8) is 0 Å². The summed E-state index contributed by atoms with van der Waals surface area (Å²) in [7, 11) is 0. The second kappa shape index (κ2) is 8.19. The number of amides is 1. The van der Waals surface area contributed by atoms with Crippen LogP contribution in [0.15, 0.2) is 46.8 Å². The maximum Gasteiger partial charge on any atom is 0.230 e. The smallest absolute Gasteiger partial charge is 0.230 e. The Kier molecular flexibility index (Phi) is 5.50. The Bertz CT molecular complexity index is 924. The number of ether oxygens (including phenoxy) is 2. The zero-order valence-corrected chi connectivity index (χ0v) is 16.6. The summed E-state index contributed by atoms with van der Waals surface area (Å²) >= 11 is 3.09. The van der Waals surface area contributed by atoms with Gasteiger partial charge in [0.05, 0.1) is 22.0 Å². The standard InChI is InChI=1S/C20H20N2O3S2/c1-2-14(13-7-8-16-17(11-13)25-10-9-24-16)21-19(23)12-26-20-22-15-5-3-4-6-18(15)27-20/h3-8,11,14H,2,9-10,12H2,1H3,(H,21,23). The van der Waals surface area contributed by atoms with Crippen LogP contribution >= 0.6 is 23.1 Å². The van der Waals surface area contributed by atoms with Gasteiger partial charge in [-0.05, 0) is 36.2 Å². The molecule has 0 radical (unpaired) electrons. The van der Waals surface area contributed by atoms with Crippen LogP contribution in [0.2, 0.25) is 0 Å². The van der Waals surface area contributed by atoms with Crippen LogP contribution in [0.25, 0.3) is 10.2 Å². The summed E-state index contributed by atoms with van der Waals surface area (Å²) in [4.78, 5) is 17.0. The van der Waals surface area contributed by atoms with Crippen LogP contribution in [-0.4, -0.2) is 29.9 Å². The zero-order valence-electron chi connectivity index (χ0n) is 14.9. The zero-order chi connectivity index (χ0) is 18.6. The van der Waals surface area contributed by atoms with Crippen molar-refractivity contribution in [3.05, 3.63) is 48.0 Å². The minimum atomic E-state index is -0.0516. The SMILES string of the molecule is CCC(NC(=O)CSc1nc2ccccc2s1)c1ccc2c(c1)OCCO2. The molecule has 1 N–H and O–H groups in total. The molecule has 1 unspecified atom stereocenters. The summed E-state index contributed by atoms with van der Waals surface area (Å²) in [6.07, 6.45) is 0.803. The molecule has 0 saturated carbocycles. The fourth-order valence-electron chi connectivity index (χ4n) is 2.97. The van der Waals surface area contributed by atoms with Crippen molar-refractivity contribution in [3.8, 4) is 11.5 Å². The van der Waals surface area contributed by atoms with Crippen LogP contribution in [0.3, 0.4) is 0 Å². The Balaban J connectivity index is 1.38. The van der Waals surface area contributed by atoms with Crippen molar-refractivity contribution in [2.75, 3.05) is 19.0 Å². The average Bonchev–Trinajstić information content (AvgIpc) is 3.13. The van der Waals surface area contributed by atoms with E-state index < -0.39 is 0 Å². The van der Waals surface area contributed by atoms with Crippen molar-refractivity contribution < 1.29 is 14.3 Å². The number of carbonyl (C=O) groups is 1. The van der Waals surface area contributed by atoms with E-state index in [2.05, 4.69) is 17.2 Å².